The van der Waals surface area contributed by atoms with Crippen LogP contribution in [0.5, 0.6) is 5.75 Å². The summed E-state index contributed by atoms with van der Waals surface area (Å²) in [5, 5.41) is 0. The largest absolute Gasteiger partial charge is 0.489 e. The van der Waals surface area contributed by atoms with Crippen LogP contribution in [-0.2, 0) is 16.8 Å². The van der Waals surface area contributed by atoms with E-state index in [2.05, 4.69) is 28.5 Å². The Labute approximate surface area is 213 Å². The average Bonchev–Trinajstić information content (AvgIpc) is 3.53. The van der Waals surface area contributed by atoms with Crippen LogP contribution in [-0.4, -0.2) is 17.1 Å². The maximum atomic E-state index is 13.4. The number of carbonyl (C=O) groups excluding carboxylic acids is 1. The fourth-order valence-electron chi connectivity index (χ4n) is 6.05. The number of aromatic nitrogens is 2. The molecule has 0 spiro atoms. The van der Waals surface area contributed by atoms with E-state index in [1.54, 1.807) is 0 Å². The number of nitrogens with zero attached hydrogens (tertiary/aromatic N) is 2. The van der Waals surface area contributed by atoms with Crippen molar-refractivity contribution in [1.29, 1.82) is 0 Å². The first kappa shape index (κ1) is 23.9. The van der Waals surface area contributed by atoms with E-state index >= 15 is 0 Å². The molecular weight excluding hydrogens is 446 g/mol. The molecule has 5 nitrogen and oxygen atoms in total. The molecule has 1 fully saturated rings. The summed E-state index contributed by atoms with van der Waals surface area (Å²) in [7, 11) is 0. The molecule has 1 heterocycles. The third-order valence-corrected chi connectivity index (χ3v) is 7.80. The third-order valence-electron chi connectivity index (χ3n) is 7.80. The van der Waals surface area contributed by atoms with Crippen LogP contribution in [0.4, 0.5) is 0 Å². The second-order valence-electron chi connectivity index (χ2n) is 9.68. The molecule has 184 valence electrons. The first-order valence-electron chi connectivity index (χ1n) is 12.8. The Hall–Kier alpha value is -3.86. The highest BCUT2D eigenvalue weighted by Crippen LogP contribution is 2.49. The van der Waals surface area contributed by atoms with Crippen molar-refractivity contribution in [3.05, 3.63) is 120 Å². The molecule has 1 saturated carbocycles. The molecule has 1 aliphatic rings. The molecule has 1 aromatic heterocycles. The molecule has 2 atom stereocenters. The molecule has 36 heavy (non-hydrogen) atoms. The molecule has 0 radical (unpaired) electrons. The SMILES string of the molecule is Cc1n([C@H]2CC[C@@H](C(C(N)=O)(c3ccccc3)c3ccccc3)C2)cc[n+]1CCOc1ccccc1. The Morgan fingerprint density at radius 2 is 1.53 bits per heavy atom. The molecule has 1 amide bonds. The number of imidazole rings is 1. The number of hydrogen-bond donors (Lipinski definition) is 1. The van der Waals surface area contributed by atoms with Gasteiger partial charge in [-0.3, -0.25) is 4.79 Å². The molecule has 0 saturated heterocycles. The van der Waals surface area contributed by atoms with Crippen molar-refractivity contribution < 1.29 is 14.1 Å². The van der Waals surface area contributed by atoms with Gasteiger partial charge in [-0.2, -0.15) is 0 Å². The lowest BCUT2D eigenvalue weighted by Crippen LogP contribution is -2.47. The van der Waals surface area contributed by atoms with Gasteiger partial charge < -0.3 is 10.5 Å². The van der Waals surface area contributed by atoms with E-state index in [-0.39, 0.29) is 11.8 Å². The minimum absolute atomic E-state index is 0.112. The van der Waals surface area contributed by atoms with Gasteiger partial charge in [-0.05, 0) is 48.4 Å². The highest BCUT2D eigenvalue weighted by Gasteiger charge is 2.51. The number of para-hydroxylation sites is 1. The molecule has 3 aromatic carbocycles. The van der Waals surface area contributed by atoms with Crippen LogP contribution in [0, 0.1) is 12.8 Å². The Morgan fingerprint density at radius 3 is 2.11 bits per heavy atom. The first-order valence-corrected chi connectivity index (χ1v) is 12.8. The van der Waals surface area contributed by atoms with Gasteiger partial charge >= 0.3 is 0 Å². The van der Waals surface area contributed by atoms with Gasteiger partial charge in [-0.15, -0.1) is 0 Å². The zero-order valence-corrected chi connectivity index (χ0v) is 20.8. The van der Waals surface area contributed by atoms with Crippen LogP contribution in [0.15, 0.2) is 103 Å². The first-order chi connectivity index (χ1) is 17.6. The predicted molar refractivity (Wildman–Crippen MR) is 141 cm³/mol. The summed E-state index contributed by atoms with van der Waals surface area (Å²) in [5.41, 5.74) is 7.38. The normalized spacial score (nSPS) is 17.7. The van der Waals surface area contributed by atoms with E-state index < -0.39 is 5.41 Å². The quantitative estimate of drug-likeness (QED) is 0.344. The molecule has 5 heteroatoms. The number of hydrogen-bond acceptors (Lipinski definition) is 2. The molecular formula is C31H34N3O2+. The van der Waals surface area contributed by atoms with Crippen molar-refractivity contribution in [1.82, 2.24) is 4.57 Å². The minimum Gasteiger partial charge on any atom is -0.489 e. The van der Waals surface area contributed by atoms with Crippen molar-refractivity contribution >= 4 is 5.91 Å². The van der Waals surface area contributed by atoms with E-state index in [1.165, 1.54) is 5.82 Å². The average molecular weight is 481 g/mol. The molecule has 4 aromatic rings. The second kappa shape index (κ2) is 10.4. The zero-order chi connectivity index (χ0) is 25.0. The molecule has 2 N–H and O–H groups in total. The standard InChI is InChI=1S/C31H33N3O2/c1-24-33(21-22-36-29-15-9-4-10-16-29)19-20-34(24)28-18-17-27(23-28)31(30(32)35,25-11-5-2-6-12-25)26-13-7-3-8-14-26/h2-16,19-20,27-28H,17-18,21-23H2,1H3,(H-,32,35)/p+1/t27-,28+/m1/s1. The van der Waals surface area contributed by atoms with Crippen LogP contribution in [0.1, 0.15) is 42.3 Å². The maximum absolute atomic E-state index is 13.4. The van der Waals surface area contributed by atoms with Gasteiger partial charge in [0.25, 0.3) is 5.82 Å². The van der Waals surface area contributed by atoms with Gasteiger partial charge in [0.15, 0.2) is 0 Å². The summed E-state index contributed by atoms with van der Waals surface area (Å²) in [4.78, 5) is 13.4. The van der Waals surface area contributed by atoms with Crippen molar-refractivity contribution in [3.8, 4) is 5.75 Å². The molecule has 5 rings (SSSR count). The predicted octanol–water partition coefficient (Wildman–Crippen LogP) is 4.98. The monoisotopic (exact) mass is 480 g/mol. The summed E-state index contributed by atoms with van der Waals surface area (Å²) < 4.78 is 10.5. The summed E-state index contributed by atoms with van der Waals surface area (Å²) in [6.45, 7) is 3.55. The summed E-state index contributed by atoms with van der Waals surface area (Å²) in [5.74, 6) is 1.92. The third kappa shape index (κ3) is 4.41. The van der Waals surface area contributed by atoms with Crippen molar-refractivity contribution in [3.63, 3.8) is 0 Å². The van der Waals surface area contributed by atoms with Crippen LogP contribution < -0.4 is 15.0 Å². The van der Waals surface area contributed by atoms with Crippen LogP contribution >= 0.6 is 0 Å². The van der Waals surface area contributed by atoms with E-state index in [4.69, 9.17) is 10.5 Å². The summed E-state index contributed by atoms with van der Waals surface area (Å²) in [6, 6.07) is 30.4. The van der Waals surface area contributed by atoms with Gasteiger partial charge in [-0.25, -0.2) is 9.13 Å². The molecule has 0 unspecified atom stereocenters. The Morgan fingerprint density at radius 1 is 0.944 bits per heavy atom. The lowest BCUT2D eigenvalue weighted by atomic mass is 9.64. The van der Waals surface area contributed by atoms with Crippen molar-refractivity contribution in [2.45, 2.75) is 44.2 Å². The van der Waals surface area contributed by atoms with Gasteiger partial charge in [0.2, 0.25) is 5.91 Å². The number of carbonyl (C=O) groups is 1. The topological polar surface area (TPSA) is 61.1 Å². The van der Waals surface area contributed by atoms with Crippen molar-refractivity contribution in [2.75, 3.05) is 6.61 Å². The lowest BCUT2D eigenvalue weighted by molar-refractivity contribution is -0.703. The summed E-state index contributed by atoms with van der Waals surface area (Å²) >= 11 is 0. The van der Waals surface area contributed by atoms with E-state index in [0.717, 1.165) is 42.7 Å². The van der Waals surface area contributed by atoms with Gasteiger partial charge in [0.05, 0.1) is 0 Å². The molecule has 1 aliphatic carbocycles. The molecule has 0 aliphatic heterocycles. The Kier molecular flexibility index (Phi) is 6.90. The van der Waals surface area contributed by atoms with E-state index in [9.17, 15) is 4.79 Å². The van der Waals surface area contributed by atoms with Crippen LogP contribution in [0.3, 0.4) is 0 Å². The minimum atomic E-state index is -0.849. The number of benzene rings is 3. The number of nitrogens with two attached hydrogens (primary N) is 1. The number of ether oxygens (including phenoxy) is 1. The van der Waals surface area contributed by atoms with E-state index in [0.29, 0.717) is 12.6 Å². The summed E-state index contributed by atoms with van der Waals surface area (Å²) in [6.07, 6.45) is 7.14. The maximum Gasteiger partial charge on any atom is 0.253 e. The smallest absolute Gasteiger partial charge is 0.253 e. The second-order valence-corrected chi connectivity index (χ2v) is 9.68. The van der Waals surface area contributed by atoms with Crippen LogP contribution in [0.2, 0.25) is 0 Å². The molecule has 0 bridgehead atoms. The van der Waals surface area contributed by atoms with Gasteiger partial charge in [0, 0.05) is 6.92 Å². The van der Waals surface area contributed by atoms with E-state index in [1.807, 2.05) is 91.0 Å². The number of amides is 1. The van der Waals surface area contributed by atoms with Crippen molar-refractivity contribution in [2.24, 2.45) is 11.7 Å². The van der Waals surface area contributed by atoms with Crippen LogP contribution in [0.25, 0.3) is 0 Å². The van der Waals surface area contributed by atoms with Gasteiger partial charge in [-0.1, -0.05) is 78.9 Å². The fraction of sp³-hybridized carbons (Fsp3) is 0.290. The highest BCUT2D eigenvalue weighted by atomic mass is 16.5. The Bertz CT molecular complexity index is 1250. The Balaban J connectivity index is 1.38. The highest BCUT2D eigenvalue weighted by molar-refractivity contribution is 5.91. The lowest BCUT2D eigenvalue weighted by Gasteiger charge is -2.37. The fourth-order valence-corrected chi connectivity index (χ4v) is 6.05. The van der Waals surface area contributed by atoms with Gasteiger partial charge in [0.1, 0.15) is 42.8 Å². The zero-order valence-electron chi connectivity index (χ0n) is 20.8. The number of rotatable bonds is 9. The number of primary amides is 1.